The molecule has 0 aliphatic rings. The summed E-state index contributed by atoms with van der Waals surface area (Å²) in [5, 5.41) is 5.05. The summed E-state index contributed by atoms with van der Waals surface area (Å²) in [6.07, 6.45) is 3.00. The predicted octanol–water partition coefficient (Wildman–Crippen LogP) is 4.96. The van der Waals surface area contributed by atoms with Crippen LogP contribution in [0.3, 0.4) is 0 Å². The molecule has 0 aliphatic carbocycles. The van der Waals surface area contributed by atoms with Crippen molar-refractivity contribution in [2.45, 2.75) is 26.4 Å². The SMILES string of the molecule is CCc1ccc(-c2csc(NC(=O)[C@H](C)OC(=O)/C=C/c3ccccc3)n2)cc1. The van der Waals surface area contributed by atoms with Crippen molar-refractivity contribution in [3.8, 4) is 11.3 Å². The minimum absolute atomic E-state index is 0.423. The summed E-state index contributed by atoms with van der Waals surface area (Å²) in [4.78, 5) is 28.7. The predicted molar refractivity (Wildman–Crippen MR) is 117 cm³/mol. The van der Waals surface area contributed by atoms with Gasteiger partial charge in [0.15, 0.2) is 11.2 Å². The standard InChI is InChI=1S/C23H22N2O3S/c1-3-17-9-12-19(13-10-17)20-15-29-23(24-20)25-22(27)16(2)28-21(26)14-11-18-7-5-4-6-8-18/h4-16H,3H2,1-2H3,(H,24,25,27)/b14-11+/t16-/m0/s1. The first-order valence-electron chi connectivity index (χ1n) is 9.34. The van der Waals surface area contributed by atoms with Crippen LogP contribution in [-0.2, 0) is 20.7 Å². The second-order valence-electron chi connectivity index (χ2n) is 6.40. The number of anilines is 1. The van der Waals surface area contributed by atoms with Crippen LogP contribution in [-0.4, -0.2) is 23.0 Å². The average Bonchev–Trinajstić information content (AvgIpc) is 3.21. The van der Waals surface area contributed by atoms with Crippen molar-refractivity contribution >= 4 is 34.4 Å². The molecule has 0 fully saturated rings. The first kappa shape index (κ1) is 20.5. The van der Waals surface area contributed by atoms with Crippen molar-refractivity contribution in [1.29, 1.82) is 0 Å². The van der Waals surface area contributed by atoms with Crippen LogP contribution in [0, 0.1) is 0 Å². The van der Waals surface area contributed by atoms with Gasteiger partial charge >= 0.3 is 5.97 Å². The molecule has 1 atom stereocenters. The van der Waals surface area contributed by atoms with E-state index in [-0.39, 0.29) is 0 Å². The molecule has 0 aliphatic heterocycles. The van der Waals surface area contributed by atoms with Gasteiger partial charge in [-0.3, -0.25) is 10.1 Å². The van der Waals surface area contributed by atoms with E-state index in [4.69, 9.17) is 4.74 Å². The molecular weight excluding hydrogens is 384 g/mol. The maximum absolute atomic E-state index is 12.3. The van der Waals surface area contributed by atoms with Gasteiger partial charge in [-0.25, -0.2) is 9.78 Å². The average molecular weight is 407 g/mol. The van der Waals surface area contributed by atoms with Crippen molar-refractivity contribution in [3.05, 3.63) is 77.2 Å². The van der Waals surface area contributed by atoms with Gasteiger partial charge in [-0.1, -0.05) is 61.5 Å². The molecule has 0 saturated heterocycles. The second kappa shape index (κ2) is 9.80. The van der Waals surface area contributed by atoms with Crippen LogP contribution in [0.2, 0.25) is 0 Å². The van der Waals surface area contributed by atoms with Crippen LogP contribution in [0.25, 0.3) is 17.3 Å². The Morgan fingerprint density at radius 1 is 1.14 bits per heavy atom. The Morgan fingerprint density at radius 2 is 1.86 bits per heavy atom. The first-order chi connectivity index (χ1) is 14.0. The van der Waals surface area contributed by atoms with E-state index in [0.29, 0.717) is 5.13 Å². The summed E-state index contributed by atoms with van der Waals surface area (Å²) in [6, 6.07) is 17.6. The number of esters is 1. The van der Waals surface area contributed by atoms with E-state index >= 15 is 0 Å². The number of hydrogen-bond acceptors (Lipinski definition) is 5. The first-order valence-corrected chi connectivity index (χ1v) is 10.2. The number of thiazole rings is 1. The molecule has 1 aromatic heterocycles. The number of ether oxygens (including phenoxy) is 1. The largest absolute Gasteiger partial charge is 0.449 e. The summed E-state index contributed by atoms with van der Waals surface area (Å²) in [6.45, 7) is 3.64. The van der Waals surface area contributed by atoms with Gasteiger partial charge in [-0.2, -0.15) is 0 Å². The fourth-order valence-electron chi connectivity index (χ4n) is 2.58. The van der Waals surface area contributed by atoms with E-state index in [0.717, 1.165) is 23.2 Å². The number of benzene rings is 2. The lowest BCUT2D eigenvalue weighted by Gasteiger charge is -2.10. The maximum Gasteiger partial charge on any atom is 0.331 e. The molecule has 1 amide bonds. The molecule has 1 N–H and O–H groups in total. The van der Waals surface area contributed by atoms with Crippen LogP contribution in [0.5, 0.6) is 0 Å². The van der Waals surface area contributed by atoms with E-state index in [1.165, 1.54) is 29.9 Å². The molecule has 3 aromatic rings. The van der Waals surface area contributed by atoms with Crippen LogP contribution in [0.1, 0.15) is 25.0 Å². The zero-order chi connectivity index (χ0) is 20.6. The number of amides is 1. The molecule has 6 heteroatoms. The Kier molecular flexibility index (Phi) is 6.92. The zero-order valence-corrected chi connectivity index (χ0v) is 17.1. The highest BCUT2D eigenvalue weighted by Crippen LogP contribution is 2.25. The van der Waals surface area contributed by atoms with Crippen molar-refractivity contribution in [1.82, 2.24) is 4.98 Å². The van der Waals surface area contributed by atoms with E-state index in [1.807, 2.05) is 47.8 Å². The van der Waals surface area contributed by atoms with Crippen molar-refractivity contribution in [2.24, 2.45) is 0 Å². The lowest BCUT2D eigenvalue weighted by molar-refractivity contribution is -0.148. The third-order valence-electron chi connectivity index (χ3n) is 4.27. The Bertz CT molecular complexity index is 994. The summed E-state index contributed by atoms with van der Waals surface area (Å²) in [7, 11) is 0. The second-order valence-corrected chi connectivity index (χ2v) is 7.26. The van der Waals surface area contributed by atoms with Gasteiger partial charge in [-0.05, 0) is 30.5 Å². The van der Waals surface area contributed by atoms with E-state index in [1.54, 1.807) is 6.08 Å². The van der Waals surface area contributed by atoms with Crippen LogP contribution >= 0.6 is 11.3 Å². The van der Waals surface area contributed by atoms with Crippen LogP contribution in [0.4, 0.5) is 5.13 Å². The molecule has 29 heavy (non-hydrogen) atoms. The number of rotatable bonds is 7. The van der Waals surface area contributed by atoms with Gasteiger partial charge in [0.05, 0.1) is 5.69 Å². The monoisotopic (exact) mass is 406 g/mol. The fraction of sp³-hybridized carbons (Fsp3) is 0.174. The molecule has 3 rings (SSSR count). The van der Waals surface area contributed by atoms with Gasteiger partial charge in [-0.15, -0.1) is 11.3 Å². The molecule has 5 nitrogen and oxygen atoms in total. The summed E-state index contributed by atoms with van der Waals surface area (Å²) in [5.74, 6) is -0.999. The topological polar surface area (TPSA) is 68.3 Å². The van der Waals surface area contributed by atoms with Gasteiger partial charge < -0.3 is 4.74 Å². The quantitative estimate of drug-likeness (QED) is 0.445. The van der Waals surface area contributed by atoms with Crippen LogP contribution in [0.15, 0.2) is 66.1 Å². The molecule has 0 unspecified atom stereocenters. The van der Waals surface area contributed by atoms with Gasteiger partial charge in [0.25, 0.3) is 5.91 Å². The minimum Gasteiger partial charge on any atom is -0.449 e. The number of aromatic nitrogens is 1. The highest BCUT2D eigenvalue weighted by Gasteiger charge is 2.18. The molecule has 148 valence electrons. The van der Waals surface area contributed by atoms with E-state index < -0.39 is 18.0 Å². The highest BCUT2D eigenvalue weighted by molar-refractivity contribution is 7.14. The van der Waals surface area contributed by atoms with E-state index in [9.17, 15) is 9.59 Å². The number of carbonyl (C=O) groups is 2. The Morgan fingerprint density at radius 3 is 2.55 bits per heavy atom. The molecule has 0 bridgehead atoms. The van der Waals surface area contributed by atoms with E-state index in [2.05, 4.69) is 29.4 Å². The molecule has 0 spiro atoms. The summed E-state index contributed by atoms with van der Waals surface area (Å²) >= 11 is 1.33. The summed E-state index contributed by atoms with van der Waals surface area (Å²) in [5.41, 5.74) is 3.92. The van der Waals surface area contributed by atoms with Gasteiger partial charge in [0.2, 0.25) is 0 Å². The normalized spacial score (nSPS) is 11.9. The summed E-state index contributed by atoms with van der Waals surface area (Å²) < 4.78 is 5.16. The lowest BCUT2D eigenvalue weighted by atomic mass is 10.1. The molecular formula is C23H22N2O3S. The van der Waals surface area contributed by atoms with Gasteiger partial charge in [0.1, 0.15) is 0 Å². The molecule has 0 saturated carbocycles. The van der Waals surface area contributed by atoms with Crippen molar-refractivity contribution < 1.29 is 14.3 Å². The van der Waals surface area contributed by atoms with Crippen molar-refractivity contribution in [3.63, 3.8) is 0 Å². The number of aryl methyl sites for hydroxylation is 1. The van der Waals surface area contributed by atoms with Crippen molar-refractivity contribution in [2.75, 3.05) is 5.32 Å². The Balaban J connectivity index is 1.54. The molecule has 1 heterocycles. The number of nitrogens with one attached hydrogen (secondary N) is 1. The minimum atomic E-state index is -0.931. The van der Waals surface area contributed by atoms with Gasteiger partial charge in [0, 0.05) is 17.0 Å². The smallest absolute Gasteiger partial charge is 0.331 e. The maximum atomic E-state index is 12.3. The Labute approximate surface area is 174 Å². The number of hydrogen-bond donors (Lipinski definition) is 1. The zero-order valence-electron chi connectivity index (χ0n) is 16.3. The molecule has 2 aromatic carbocycles. The number of nitrogens with zero attached hydrogens (tertiary/aromatic N) is 1. The Hall–Kier alpha value is -3.25. The fourth-order valence-corrected chi connectivity index (χ4v) is 3.30. The lowest BCUT2D eigenvalue weighted by Crippen LogP contribution is -2.29. The highest BCUT2D eigenvalue weighted by atomic mass is 32.1. The van der Waals surface area contributed by atoms with Crippen LogP contribution < -0.4 is 5.32 Å². The third kappa shape index (κ3) is 5.86. The third-order valence-corrected chi connectivity index (χ3v) is 5.02. The number of carbonyl (C=O) groups excluding carboxylic acids is 2. The molecule has 0 radical (unpaired) electrons.